The summed E-state index contributed by atoms with van der Waals surface area (Å²) in [5.74, 6) is 0.601. The van der Waals surface area contributed by atoms with Crippen LogP contribution in [-0.2, 0) is 12.5 Å². The van der Waals surface area contributed by atoms with E-state index >= 15 is 0 Å². The maximum absolute atomic E-state index is 12.2. The molecule has 0 atom stereocenters. The van der Waals surface area contributed by atoms with Crippen LogP contribution >= 0.6 is 0 Å². The SMILES string of the molecule is Cn1c(=O)[nH]cc(C(=O)NCC2CN(c3ccc(C(C)(C)C)nn3)C2)c1=O. The van der Waals surface area contributed by atoms with Gasteiger partial charge >= 0.3 is 5.69 Å². The molecule has 3 rings (SSSR count). The monoisotopic (exact) mass is 372 g/mol. The van der Waals surface area contributed by atoms with Gasteiger partial charge in [0.05, 0.1) is 5.69 Å². The molecule has 2 N–H and O–H groups in total. The highest BCUT2D eigenvalue weighted by molar-refractivity contribution is 5.93. The van der Waals surface area contributed by atoms with Crippen LogP contribution in [0, 0.1) is 5.92 Å². The maximum Gasteiger partial charge on any atom is 0.328 e. The topological polar surface area (TPSA) is 113 Å². The molecule has 0 unspecified atom stereocenters. The molecule has 0 spiro atoms. The average Bonchev–Trinajstić information content (AvgIpc) is 2.58. The summed E-state index contributed by atoms with van der Waals surface area (Å²) in [6, 6.07) is 3.95. The first-order valence-electron chi connectivity index (χ1n) is 8.83. The molecule has 1 aliphatic heterocycles. The summed E-state index contributed by atoms with van der Waals surface area (Å²) < 4.78 is 0.875. The number of hydrogen-bond donors (Lipinski definition) is 2. The van der Waals surface area contributed by atoms with Crippen LogP contribution in [0.2, 0.25) is 0 Å². The van der Waals surface area contributed by atoms with E-state index < -0.39 is 17.2 Å². The summed E-state index contributed by atoms with van der Waals surface area (Å²) in [4.78, 5) is 39.9. The van der Waals surface area contributed by atoms with E-state index in [1.165, 1.54) is 7.05 Å². The standard InChI is InChI=1S/C18H24N6O3/c1-18(2,3)13-5-6-14(22-21-13)24-9-11(10-24)7-19-15(25)12-8-20-17(27)23(4)16(12)26/h5-6,8,11H,7,9-10H2,1-4H3,(H,19,25)(H,20,27). The zero-order chi connectivity index (χ0) is 19.8. The number of carbonyl (C=O) groups is 1. The van der Waals surface area contributed by atoms with Gasteiger partial charge < -0.3 is 15.2 Å². The lowest BCUT2D eigenvalue weighted by molar-refractivity contribution is 0.0942. The van der Waals surface area contributed by atoms with Crippen molar-refractivity contribution in [3.05, 3.63) is 50.4 Å². The number of rotatable bonds is 4. The summed E-state index contributed by atoms with van der Waals surface area (Å²) in [5.41, 5.74) is -0.327. The number of anilines is 1. The van der Waals surface area contributed by atoms with E-state index in [1.807, 2.05) is 12.1 Å². The predicted molar refractivity (Wildman–Crippen MR) is 101 cm³/mol. The second-order valence-electron chi connectivity index (χ2n) is 7.88. The van der Waals surface area contributed by atoms with Crippen molar-refractivity contribution >= 4 is 11.7 Å². The normalized spacial score (nSPS) is 14.7. The highest BCUT2D eigenvalue weighted by atomic mass is 16.2. The van der Waals surface area contributed by atoms with Crippen LogP contribution in [0.15, 0.2) is 27.9 Å². The van der Waals surface area contributed by atoms with Gasteiger partial charge in [-0.05, 0) is 12.1 Å². The van der Waals surface area contributed by atoms with Crippen molar-refractivity contribution in [3.8, 4) is 0 Å². The quantitative estimate of drug-likeness (QED) is 0.783. The molecule has 1 aliphatic rings. The minimum absolute atomic E-state index is 0.0356. The molecule has 0 aliphatic carbocycles. The van der Waals surface area contributed by atoms with E-state index in [0.29, 0.717) is 6.54 Å². The van der Waals surface area contributed by atoms with E-state index in [4.69, 9.17) is 0 Å². The smallest absolute Gasteiger partial charge is 0.328 e. The van der Waals surface area contributed by atoms with Crippen LogP contribution in [0.5, 0.6) is 0 Å². The molecule has 0 radical (unpaired) electrons. The Labute approximate surface area is 156 Å². The third kappa shape index (κ3) is 3.91. The molecule has 1 amide bonds. The molecule has 2 aromatic heterocycles. The number of aromatic nitrogens is 4. The number of amides is 1. The van der Waals surface area contributed by atoms with E-state index in [-0.39, 0.29) is 16.9 Å². The third-order valence-electron chi connectivity index (χ3n) is 4.68. The fourth-order valence-corrected chi connectivity index (χ4v) is 2.84. The zero-order valence-corrected chi connectivity index (χ0v) is 15.9. The number of carbonyl (C=O) groups excluding carboxylic acids is 1. The van der Waals surface area contributed by atoms with Crippen molar-refractivity contribution < 1.29 is 4.79 Å². The molecule has 1 fully saturated rings. The molecule has 144 valence electrons. The van der Waals surface area contributed by atoms with Gasteiger partial charge in [0.1, 0.15) is 5.56 Å². The van der Waals surface area contributed by atoms with Crippen LogP contribution in [0.4, 0.5) is 5.82 Å². The lowest BCUT2D eigenvalue weighted by atomic mass is 9.92. The Morgan fingerprint density at radius 3 is 2.56 bits per heavy atom. The van der Waals surface area contributed by atoms with Crippen molar-refractivity contribution in [2.75, 3.05) is 24.5 Å². The highest BCUT2D eigenvalue weighted by Crippen LogP contribution is 2.24. The van der Waals surface area contributed by atoms with Gasteiger partial charge in [0.15, 0.2) is 5.82 Å². The van der Waals surface area contributed by atoms with Gasteiger partial charge in [-0.25, -0.2) is 4.79 Å². The number of aromatic amines is 1. The van der Waals surface area contributed by atoms with E-state index in [1.54, 1.807) is 0 Å². The lowest BCUT2D eigenvalue weighted by Gasteiger charge is -2.40. The van der Waals surface area contributed by atoms with E-state index in [9.17, 15) is 14.4 Å². The maximum atomic E-state index is 12.2. The van der Waals surface area contributed by atoms with Gasteiger partial charge in [-0.3, -0.25) is 14.2 Å². The molecule has 0 aromatic carbocycles. The molecule has 0 bridgehead atoms. The Bertz CT molecular complexity index is 949. The van der Waals surface area contributed by atoms with Gasteiger partial charge in [0.2, 0.25) is 0 Å². The van der Waals surface area contributed by atoms with Gasteiger partial charge in [-0.2, -0.15) is 5.10 Å². The summed E-state index contributed by atoms with van der Waals surface area (Å²) >= 11 is 0. The van der Waals surface area contributed by atoms with Gasteiger partial charge in [-0.1, -0.05) is 20.8 Å². The minimum Gasteiger partial charge on any atom is -0.354 e. The van der Waals surface area contributed by atoms with E-state index in [2.05, 4.69) is 46.2 Å². The van der Waals surface area contributed by atoms with Crippen LogP contribution < -0.4 is 21.5 Å². The van der Waals surface area contributed by atoms with Crippen LogP contribution in [-0.4, -0.2) is 45.3 Å². The Hall–Kier alpha value is -2.97. The largest absolute Gasteiger partial charge is 0.354 e. The number of nitrogens with zero attached hydrogens (tertiary/aromatic N) is 4. The van der Waals surface area contributed by atoms with E-state index in [0.717, 1.165) is 35.4 Å². The first-order valence-corrected chi connectivity index (χ1v) is 8.83. The molecular formula is C18H24N6O3. The Morgan fingerprint density at radius 1 is 1.26 bits per heavy atom. The lowest BCUT2D eigenvalue weighted by Crippen LogP contribution is -2.52. The fourth-order valence-electron chi connectivity index (χ4n) is 2.84. The van der Waals surface area contributed by atoms with Crippen LogP contribution in [0.1, 0.15) is 36.8 Å². The third-order valence-corrected chi connectivity index (χ3v) is 4.68. The molecule has 0 saturated carbocycles. The van der Waals surface area contributed by atoms with Crippen molar-refractivity contribution in [2.24, 2.45) is 13.0 Å². The number of hydrogen-bond acceptors (Lipinski definition) is 6. The van der Waals surface area contributed by atoms with Gasteiger partial charge in [-0.15, -0.1) is 5.10 Å². The summed E-state index contributed by atoms with van der Waals surface area (Å²) in [6.45, 7) is 8.24. The summed E-state index contributed by atoms with van der Waals surface area (Å²) in [7, 11) is 1.33. The zero-order valence-electron chi connectivity index (χ0n) is 15.9. The predicted octanol–water partition coefficient (Wildman–Crippen LogP) is 0.0273. The number of H-pyrrole nitrogens is 1. The molecule has 3 heterocycles. The molecule has 27 heavy (non-hydrogen) atoms. The molecule has 9 nitrogen and oxygen atoms in total. The molecular weight excluding hydrogens is 348 g/mol. The van der Waals surface area contributed by atoms with Crippen LogP contribution in [0.25, 0.3) is 0 Å². The van der Waals surface area contributed by atoms with Crippen molar-refractivity contribution in [1.29, 1.82) is 0 Å². The summed E-state index contributed by atoms with van der Waals surface area (Å²) in [5, 5.41) is 11.3. The Morgan fingerprint density at radius 2 is 1.96 bits per heavy atom. The second-order valence-corrected chi connectivity index (χ2v) is 7.88. The highest BCUT2D eigenvalue weighted by Gasteiger charge is 2.29. The first-order chi connectivity index (χ1) is 12.7. The van der Waals surface area contributed by atoms with Gasteiger partial charge in [0, 0.05) is 44.2 Å². The van der Waals surface area contributed by atoms with Gasteiger partial charge in [0.25, 0.3) is 11.5 Å². The first kappa shape index (κ1) is 18.8. The van der Waals surface area contributed by atoms with Crippen molar-refractivity contribution in [2.45, 2.75) is 26.2 Å². The fraction of sp³-hybridized carbons (Fsp3) is 0.500. The molecule has 2 aromatic rings. The number of nitrogens with one attached hydrogen (secondary N) is 2. The van der Waals surface area contributed by atoms with Crippen molar-refractivity contribution in [3.63, 3.8) is 0 Å². The Balaban J connectivity index is 1.52. The minimum atomic E-state index is -0.610. The Kier molecular flexibility index (Phi) is 4.86. The summed E-state index contributed by atoms with van der Waals surface area (Å²) in [6.07, 6.45) is 1.15. The second kappa shape index (κ2) is 6.98. The average molecular weight is 372 g/mol. The van der Waals surface area contributed by atoms with Crippen molar-refractivity contribution in [1.82, 2.24) is 25.1 Å². The van der Waals surface area contributed by atoms with Crippen LogP contribution in [0.3, 0.4) is 0 Å². The molecule has 9 heteroatoms. The molecule has 1 saturated heterocycles.